The molecule has 0 radical (unpaired) electrons. The summed E-state index contributed by atoms with van der Waals surface area (Å²) in [6.45, 7) is 0.844. The van der Waals surface area contributed by atoms with Crippen LogP contribution >= 0.6 is 0 Å². The molecule has 0 unspecified atom stereocenters. The maximum absolute atomic E-state index is 13.6. The first-order chi connectivity index (χ1) is 6.33. The van der Waals surface area contributed by atoms with Crippen molar-refractivity contribution in [2.75, 3.05) is 19.0 Å². The molecule has 0 saturated heterocycles. The number of anilines is 1. The van der Waals surface area contributed by atoms with E-state index in [-0.39, 0.29) is 5.82 Å². The van der Waals surface area contributed by atoms with Gasteiger partial charge in [-0.1, -0.05) is 6.07 Å². The Kier molecular flexibility index (Phi) is 2.08. The summed E-state index contributed by atoms with van der Waals surface area (Å²) < 4.78 is 18.5. The third-order valence-electron chi connectivity index (χ3n) is 2.34. The molecule has 1 aliphatic rings. The molecule has 0 atom stereocenters. The van der Waals surface area contributed by atoms with Crippen molar-refractivity contribution >= 4 is 5.69 Å². The van der Waals surface area contributed by atoms with Crippen molar-refractivity contribution in [3.05, 3.63) is 23.5 Å². The number of ether oxygens (including phenoxy) is 1. The predicted molar refractivity (Wildman–Crippen MR) is 49.8 cm³/mol. The molecular formula is C10H12FNO. The summed E-state index contributed by atoms with van der Waals surface area (Å²) in [5.74, 6) is 0.0489. The van der Waals surface area contributed by atoms with Crippen molar-refractivity contribution in [3.8, 4) is 5.75 Å². The van der Waals surface area contributed by atoms with Crippen molar-refractivity contribution in [1.82, 2.24) is 0 Å². The highest BCUT2D eigenvalue weighted by molar-refractivity contribution is 5.58. The molecule has 0 spiro atoms. The lowest BCUT2D eigenvalue weighted by atomic mass is 10.0. The molecule has 0 fully saturated rings. The van der Waals surface area contributed by atoms with Gasteiger partial charge in [0, 0.05) is 6.54 Å². The fourth-order valence-corrected chi connectivity index (χ4v) is 1.65. The first kappa shape index (κ1) is 8.35. The number of hydrogen-bond donors (Lipinski definition) is 1. The van der Waals surface area contributed by atoms with Crippen LogP contribution in [0.15, 0.2) is 12.1 Å². The molecule has 3 heteroatoms. The number of benzene rings is 1. The molecule has 1 aliphatic heterocycles. The Balaban J connectivity index is 2.48. The lowest BCUT2D eigenvalue weighted by Gasteiger charge is -2.19. The molecule has 1 aromatic rings. The number of halogens is 1. The third-order valence-corrected chi connectivity index (χ3v) is 2.34. The monoisotopic (exact) mass is 181 g/mol. The highest BCUT2D eigenvalue weighted by atomic mass is 19.1. The van der Waals surface area contributed by atoms with E-state index in [0.717, 1.165) is 24.9 Å². The average molecular weight is 181 g/mol. The van der Waals surface area contributed by atoms with Crippen molar-refractivity contribution in [2.24, 2.45) is 0 Å². The van der Waals surface area contributed by atoms with Crippen LogP contribution < -0.4 is 10.1 Å². The molecule has 13 heavy (non-hydrogen) atoms. The second kappa shape index (κ2) is 3.24. The zero-order valence-electron chi connectivity index (χ0n) is 7.56. The quantitative estimate of drug-likeness (QED) is 0.717. The standard InChI is InChI=1S/C10H12FNO/c1-13-8-5-4-7-3-2-6-12-10(7)9(8)11/h4-5,12H,2-3,6H2,1H3. The Morgan fingerprint density at radius 2 is 2.31 bits per heavy atom. The van der Waals surface area contributed by atoms with E-state index in [4.69, 9.17) is 4.74 Å². The molecule has 1 heterocycles. The predicted octanol–water partition coefficient (Wildman–Crippen LogP) is 2.19. The minimum atomic E-state index is -0.264. The summed E-state index contributed by atoms with van der Waals surface area (Å²) in [5.41, 5.74) is 1.66. The smallest absolute Gasteiger partial charge is 0.188 e. The fraction of sp³-hybridized carbons (Fsp3) is 0.400. The first-order valence-corrected chi connectivity index (χ1v) is 4.42. The lowest BCUT2D eigenvalue weighted by molar-refractivity contribution is 0.386. The largest absolute Gasteiger partial charge is 0.494 e. The molecule has 0 aliphatic carbocycles. The molecule has 0 aromatic heterocycles. The normalized spacial score (nSPS) is 14.6. The Labute approximate surface area is 76.7 Å². The Bertz CT molecular complexity index is 325. The first-order valence-electron chi connectivity index (χ1n) is 4.42. The van der Waals surface area contributed by atoms with Crippen LogP contribution in [0.1, 0.15) is 12.0 Å². The molecule has 0 amide bonds. The van der Waals surface area contributed by atoms with Crippen molar-refractivity contribution < 1.29 is 9.13 Å². The molecule has 70 valence electrons. The number of nitrogens with one attached hydrogen (secondary N) is 1. The number of hydrogen-bond acceptors (Lipinski definition) is 2. The summed E-state index contributed by atoms with van der Waals surface area (Å²) in [5, 5.41) is 3.05. The van der Waals surface area contributed by atoms with E-state index in [2.05, 4.69) is 5.32 Å². The summed E-state index contributed by atoms with van der Waals surface area (Å²) in [7, 11) is 1.48. The average Bonchev–Trinajstić information content (AvgIpc) is 2.19. The van der Waals surface area contributed by atoms with Gasteiger partial charge < -0.3 is 10.1 Å². The molecule has 2 nitrogen and oxygen atoms in total. The van der Waals surface area contributed by atoms with Crippen LogP contribution in [-0.2, 0) is 6.42 Å². The molecule has 2 rings (SSSR count). The Morgan fingerprint density at radius 3 is 3.08 bits per heavy atom. The minimum absolute atomic E-state index is 0.264. The molecule has 0 bridgehead atoms. The Hall–Kier alpha value is -1.25. The van der Waals surface area contributed by atoms with E-state index in [9.17, 15) is 4.39 Å². The van der Waals surface area contributed by atoms with Gasteiger partial charge in [-0.3, -0.25) is 0 Å². The van der Waals surface area contributed by atoms with E-state index in [1.54, 1.807) is 6.07 Å². The van der Waals surface area contributed by atoms with Gasteiger partial charge in [-0.15, -0.1) is 0 Å². The molecule has 1 aromatic carbocycles. The van der Waals surface area contributed by atoms with E-state index < -0.39 is 0 Å². The number of rotatable bonds is 1. The van der Waals surface area contributed by atoms with Gasteiger partial charge in [-0.25, -0.2) is 4.39 Å². The maximum Gasteiger partial charge on any atom is 0.188 e. The van der Waals surface area contributed by atoms with E-state index >= 15 is 0 Å². The molecule has 0 saturated carbocycles. The molecular weight excluding hydrogens is 169 g/mol. The van der Waals surface area contributed by atoms with Gasteiger partial charge in [-0.2, -0.15) is 0 Å². The van der Waals surface area contributed by atoms with Crippen LogP contribution in [0.2, 0.25) is 0 Å². The Morgan fingerprint density at radius 1 is 1.46 bits per heavy atom. The summed E-state index contributed by atoms with van der Waals surface area (Å²) in [6, 6.07) is 3.60. The van der Waals surface area contributed by atoms with Gasteiger partial charge in [0.2, 0.25) is 0 Å². The minimum Gasteiger partial charge on any atom is -0.494 e. The van der Waals surface area contributed by atoms with Crippen LogP contribution in [0, 0.1) is 5.82 Å². The van der Waals surface area contributed by atoms with E-state index in [0.29, 0.717) is 11.4 Å². The van der Waals surface area contributed by atoms with Crippen molar-refractivity contribution in [2.45, 2.75) is 12.8 Å². The van der Waals surface area contributed by atoms with E-state index in [1.165, 1.54) is 7.11 Å². The van der Waals surface area contributed by atoms with Crippen LogP contribution in [0.25, 0.3) is 0 Å². The van der Waals surface area contributed by atoms with Gasteiger partial charge in [-0.05, 0) is 24.5 Å². The zero-order valence-corrected chi connectivity index (χ0v) is 7.56. The van der Waals surface area contributed by atoms with Crippen LogP contribution in [0.5, 0.6) is 5.75 Å². The lowest BCUT2D eigenvalue weighted by Crippen LogP contribution is -2.13. The van der Waals surface area contributed by atoms with Gasteiger partial charge in [0.25, 0.3) is 0 Å². The fourth-order valence-electron chi connectivity index (χ4n) is 1.65. The SMILES string of the molecule is COc1ccc2c(c1F)NCCC2. The van der Waals surface area contributed by atoms with Gasteiger partial charge in [0.05, 0.1) is 12.8 Å². The van der Waals surface area contributed by atoms with Crippen LogP contribution in [0.4, 0.5) is 10.1 Å². The summed E-state index contributed by atoms with van der Waals surface area (Å²) in [6.07, 6.45) is 2.02. The summed E-state index contributed by atoms with van der Waals surface area (Å²) >= 11 is 0. The van der Waals surface area contributed by atoms with Crippen molar-refractivity contribution in [1.29, 1.82) is 0 Å². The van der Waals surface area contributed by atoms with Crippen LogP contribution in [0.3, 0.4) is 0 Å². The third kappa shape index (κ3) is 1.34. The zero-order chi connectivity index (χ0) is 9.26. The number of fused-ring (bicyclic) bond motifs is 1. The number of methoxy groups -OCH3 is 1. The van der Waals surface area contributed by atoms with Crippen LogP contribution in [-0.4, -0.2) is 13.7 Å². The number of aryl methyl sites for hydroxylation is 1. The molecule has 1 N–H and O–H groups in total. The summed E-state index contributed by atoms with van der Waals surface area (Å²) in [4.78, 5) is 0. The maximum atomic E-state index is 13.6. The van der Waals surface area contributed by atoms with Gasteiger partial charge >= 0.3 is 0 Å². The highest BCUT2D eigenvalue weighted by Gasteiger charge is 2.16. The topological polar surface area (TPSA) is 21.3 Å². The second-order valence-corrected chi connectivity index (χ2v) is 3.15. The van der Waals surface area contributed by atoms with Crippen molar-refractivity contribution in [3.63, 3.8) is 0 Å². The van der Waals surface area contributed by atoms with Gasteiger partial charge in [0.1, 0.15) is 0 Å². The highest BCUT2D eigenvalue weighted by Crippen LogP contribution is 2.31. The van der Waals surface area contributed by atoms with Gasteiger partial charge in [0.15, 0.2) is 11.6 Å². The van der Waals surface area contributed by atoms with E-state index in [1.807, 2.05) is 6.07 Å². The second-order valence-electron chi connectivity index (χ2n) is 3.15.